The molecule has 4 aromatic rings. The van der Waals surface area contributed by atoms with E-state index in [-0.39, 0.29) is 46.6 Å². The summed E-state index contributed by atoms with van der Waals surface area (Å²) in [6.45, 7) is 9.83. The predicted octanol–water partition coefficient (Wildman–Crippen LogP) is 6.70. The number of nitrogens with zero attached hydrogens (tertiary/aromatic N) is 4. The summed E-state index contributed by atoms with van der Waals surface area (Å²) in [6, 6.07) is 14.6. The first-order valence-electron chi connectivity index (χ1n) is 17.3. The number of amides is 2. The lowest BCUT2D eigenvalue weighted by atomic mass is 9.78. The summed E-state index contributed by atoms with van der Waals surface area (Å²) in [5.74, 6) is -0.825. The average Bonchev–Trinajstić information content (AvgIpc) is 3.71. The molecule has 2 aromatic carbocycles. The molecule has 3 N–H and O–H groups in total. The van der Waals surface area contributed by atoms with E-state index in [2.05, 4.69) is 51.7 Å². The molecule has 6 rings (SSSR count). The number of halogens is 3. The second-order valence-electron chi connectivity index (χ2n) is 15.4. The number of anilines is 2. The van der Waals surface area contributed by atoms with Crippen molar-refractivity contribution in [1.82, 2.24) is 24.8 Å². The van der Waals surface area contributed by atoms with Gasteiger partial charge in [-0.3, -0.25) is 24.2 Å². The normalized spacial score (nSPS) is 20.4. The van der Waals surface area contributed by atoms with E-state index in [1.165, 1.54) is 18.7 Å². The van der Waals surface area contributed by atoms with Gasteiger partial charge >= 0.3 is 12.1 Å². The maximum Gasteiger partial charge on any atom is 0.471 e. The largest absolute Gasteiger partial charge is 0.492 e. The number of hydrogen-bond acceptors (Lipinski definition) is 8. The summed E-state index contributed by atoms with van der Waals surface area (Å²) in [5, 5.41) is 16.9. The molecular weight excluding hydrogens is 675 g/mol. The van der Waals surface area contributed by atoms with Crippen molar-refractivity contribution in [2.45, 2.75) is 95.1 Å². The summed E-state index contributed by atoms with van der Waals surface area (Å²) in [6.07, 6.45) is -0.963. The first kappa shape index (κ1) is 37.1. The molecule has 0 bridgehead atoms. The van der Waals surface area contributed by atoms with Crippen molar-refractivity contribution in [3.8, 4) is 11.5 Å². The highest BCUT2D eigenvalue weighted by atomic mass is 19.4. The monoisotopic (exact) mass is 721 g/mol. The van der Waals surface area contributed by atoms with E-state index >= 15 is 0 Å². The lowest BCUT2D eigenvalue weighted by molar-refractivity contribution is -0.167. The highest BCUT2D eigenvalue weighted by Gasteiger charge is 2.45. The van der Waals surface area contributed by atoms with Crippen molar-refractivity contribution < 1.29 is 32.2 Å². The van der Waals surface area contributed by atoms with Gasteiger partial charge in [0.25, 0.3) is 0 Å². The first-order valence-corrected chi connectivity index (χ1v) is 17.3. The highest BCUT2D eigenvalue weighted by Crippen LogP contribution is 2.44. The van der Waals surface area contributed by atoms with E-state index in [4.69, 9.17) is 9.47 Å². The third-order valence-corrected chi connectivity index (χ3v) is 10.3. The topological polar surface area (TPSA) is 132 Å². The summed E-state index contributed by atoms with van der Waals surface area (Å²) in [4.78, 5) is 27.5. The van der Waals surface area contributed by atoms with Crippen molar-refractivity contribution in [2.24, 2.45) is 0 Å². The van der Waals surface area contributed by atoms with Crippen molar-refractivity contribution >= 4 is 28.8 Å². The maximum absolute atomic E-state index is 13.5. The number of alkyl halides is 3. The van der Waals surface area contributed by atoms with E-state index in [9.17, 15) is 22.8 Å². The zero-order chi connectivity index (χ0) is 37.7. The molecule has 2 aliphatic rings. The molecule has 2 unspecified atom stereocenters. The average molecular weight is 722 g/mol. The zero-order valence-corrected chi connectivity index (χ0v) is 30.7. The van der Waals surface area contributed by atoms with Crippen molar-refractivity contribution in [3.05, 3.63) is 77.2 Å². The highest BCUT2D eigenvalue weighted by molar-refractivity contribution is 6.02. The fraction of sp³-hybridized carbons (Fsp3) is 0.474. The van der Waals surface area contributed by atoms with Crippen LogP contribution in [-0.4, -0.2) is 70.8 Å². The molecule has 0 spiro atoms. The lowest BCUT2D eigenvalue weighted by Crippen LogP contribution is -2.37. The van der Waals surface area contributed by atoms with E-state index in [1.54, 1.807) is 6.07 Å². The fourth-order valence-electron chi connectivity index (χ4n) is 6.74. The van der Waals surface area contributed by atoms with Gasteiger partial charge in [-0.05, 0) is 99.5 Å². The molecule has 4 atom stereocenters. The Morgan fingerprint density at radius 2 is 1.63 bits per heavy atom. The Kier molecular flexibility index (Phi) is 9.77. The second kappa shape index (κ2) is 13.7. The van der Waals surface area contributed by atoms with Crippen molar-refractivity contribution in [3.63, 3.8) is 0 Å². The Balaban J connectivity index is 1.16. The van der Waals surface area contributed by atoms with Gasteiger partial charge in [-0.2, -0.15) is 13.2 Å². The molecule has 3 heterocycles. The Labute approximate surface area is 301 Å². The minimum Gasteiger partial charge on any atom is -0.492 e. The zero-order valence-electron chi connectivity index (χ0n) is 30.7. The van der Waals surface area contributed by atoms with Crippen molar-refractivity contribution in [2.75, 3.05) is 31.8 Å². The second-order valence-corrected chi connectivity index (χ2v) is 15.4. The number of aromatic nitrogens is 3. The van der Waals surface area contributed by atoms with Gasteiger partial charge in [0, 0.05) is 6.04 Å². The Hall–Kier alpha value is -4.69. The predicted molar refractivity (Wildman–Crippen MR) is 192 cm³/mol. The molecule has 2 aromatic heterocycles. The number of carbonyl (C=O) groups is 2. The molecule has 1 saturated heterocycles. The van der Waals surface area contributed by atoms with Gasteiger partial charge in [-0.15, -0.1) is 10.2 Å². The van der Waals surface area contributed by atoms with Crippen LogP contribution in [0, 0.1) is 0 Å². The van der Waals surface area contributed by atoms with Crippen LogP contribution in [0.25, 0.3) is 5.65 Å². The van der Waals surface area contributed by atoms with Crippen LogP contribution in [0.1, 0.15) is 88.4 Å². The number of ether oxygens (including phenoxy) is 2. The number of methoxy groups -OCH3 is 1. The van der Waals surface area contributed by atoms with Crippen LogP contribution in [0.4, 0.5) is 24.5 Å². The van der Waals surface area contributed by atoms with Crippen LogP contribution in [0.15, 0.2) is 54.7 Å². The van der Waals surface area contributed by atoms with Crippen molar-refractivity contribution in [1.29, 1.82) is 0 Å². The van der Waals surface area contributed by atoms with Gasteiger partial charge in [-0.1, -0.05) is 45.0 Å². The van der Waals surface area contributed by atoms with Crippen LogP contribution >= 0.6 is 0 Å². The quantitative estimate of drug-likeness (QED) is 0.154. The fourth-order valence-corrected chi connectivity index (χ4v) is 6.74. The molecule has 2 amide bonds. The van der Waals surface area contributed by atoms with E-state index in [0.29, 0.717) is 17.7 Å². The van der Waals surface area contributed by atoms with Gasteiger partial charge in [0.2, 0.25) is 5.91 Å². The molecule has 11 nitrogen and oxygen atoms in total. The third-order valence-electron chi connectivity index (χ3n) is 10.3. The lowest BCUT2D eigenvalue weighted by Gasteiger charge is -2.32. The molecule has 14 heteroatoms. The number of nitrogens with one attached hydrogen (secondary N) is 3. The number of hydrogen-bond donors (Lipinski definition) is 3. The van der Waals surface area contributed by atoms with Crippen LogP contribution in [-0.2, 0) is 20.5 Å². The van der Waals surface area contributed by atoms with Gasteiger partial charge in [0.15, 0.2) is 17.2 Å². The number of fused-ring (bicyclic) bond motifs is 2. The standard InChI is InChI=1S/C38H46F3N7O4/c1-36(2,3)22-18-27(32(51-8)28(19-22)44-35(50)38(39,40)41)43-33(49)31-26(42-31)17-21-13-15-29(25-12-10-9-11-24(21)25)52-23-14-16-30-45-46-34(48(30)20-23)37(4,5)47(6)7/h9-12,14,16,18-21,26,29,31,42H,13,15,17H2,1-8H3,(H,43,49)(H,44,50)/t21-,26?,29-,31?/m1/s1. The van der Waals surface area contributed by atoms with E-state index in [1.807, 2.05) is 75.0 Å². The number of pyridine rings is 1. The molecule has 1 fully saturated rings. The van der Waals surface area contributed by atoms with Gasteiger partial charge in [0.05, 0.1) is 30.2 Å². The molecule has 278 valence electrons. The minimum atomic E-state index is -5.10. The molecule has 1 aliphatic carbocycles. The molecule has 52 heavy (non-hydrogen) atoms. The maximum atomic E-state index is 13.5. The van der Waals surface area contributed by atoms with Gasteiger partial charge in [-0.25, -0.2) is 0 Å². The smallest absolute Gasteiger partial charge is 0.471 e. The summed E-state index contributed by atoms with van der Waals surface area (Å²) in [7, 11) is 5.29. The molecule has 0 saturated carbocycles. The SMILES string of the molecule is COc1c(NC(=O)C2NC2C[C@H]2CC[C@@H](Oc3ccc4nnc(C(C)(C)N(C)C)n4c3)c3ccccc32)cc(C(C)(C)C)cc1NC(=O)C(F)(F)F. The van der Waals surface area contributed by atoms with Gasteiger partial charge in [0.1, 0.15) is 17.9 Å². The first-order chi connectivity index (χ1) is 24.4. The Bertz CT molecular complexity index is 1990. The summed E-state index contributed by atoms with van der Waals surface area (Å²) < 4.78 is 53.4. The number of rotatable bonds is 10. The van der Waals surface area contributed by atoms with Crippen LogP contribution < -0.4 is 25.4 Å². The van der Waals surface area contributed by atoms with Crippen LogP contribution in [0.3, 0.4) is 0 Å². The van der Waals surface area contributed by atoms with Gasteiger partial charge < -0.3 is 20.1 Å². The Morgan fingerprint density at radius 3 is 2.27 bits per heavy atom. The number of carbonyl (C=O) groups excluding carboxylic acids is 2. The Morgan fingerprint density at radius 1 is 0.962 bits per heavy atom. The molecule has 0 radical (unpaired) electrons. The summed E-state index contributed by atoms with van der Waals surface area (Å²) in [5.41, 5.74) is 2.77. The molecular formula is C38H46F3N7O4. The van der Waals surface area contributed by atoms with Crippen LogP contribution in [0.2, 0.25) is 0 Å². The van der Waals surface area contributed by atoms with Crippen LogP contribution in [0.5, 0.6) is 11.5 Å². The number of benzene rings is 2. The summed E-state index contributed by atoms with van der Waals surface area (Å²) >= 11 is 0. The van der Waals surface area contributed by atoms with E-state index < -0.39 is 23.5 Å². The third kappa shape index (κ3) is 7.45. The minimum absolute atomic E-state index is 0.0653. The van der Waals surface area contributed by atoms with E-state index in [0.717, 1.165) is 29.9 Å². The molecule has 1 aliphatic heterocycles.